The molecule has 1 heterocycles. The van der Waals surface area contributed by atoms with Crippen LogP contribution < -0.4 is 16.6 Å². The van der Waals surface area contributed by atoms with E-state index >= 15 is 0 Å². The third-order valence-corrected chi connectivity index (χ3v) is 4.04. The van der Waals surface area contributed by atoms with Gasteiger partial charge in [0.15, 0.2) is 5.69 Å². The summed E-state index contributed by atoms with van der Waals surface area (Å²) in [6, 6.07) is 5.32. The zero-order chi connectivity index (χ0) is 21.7. The number of hydrogen-bond donors (Lipinski definition) is 3. The molecular weight excluding hydrogens is 378 g/mol. The maximum absolute atomic E-state index is 12.8. The lowest BCUT2D eigenvalue weighted by Gasteiger charge is -2.17. The lowest BCUT2D eigenvalue weighted by Crippen LogP contribution is -2.42. The van der Waals surface area contributed by atoms with E-state index in [1.54, 1.807) is 26.0 Å². The number of hydrogen-bond acceptors (Lipinski definition) is 7. The monoisotopic (exact) mass is 399 g/mol. The van der Waals surface area contributed by atoms with E-state index < -0.39 is 18.0 Å². The van der Waals surface area contributed by atoms with E-state index in [0.29, 0.717) is 11.3 Å². The Balaban J connectivity index is 2.63. The first-order chi connectivity index (χ1) is 13.7. The summed E-state index contributed by atoms with van der Waals surface area (Å²) in [5.41, 5.74) is 12.1. The van der Waals surface area contributed by atoms with Gasteiger partial charge in [0.2, 0.25) is 0 Å². The maximum atomic E-state index is 12.8. The Morgan fingerprint density at radius 3 is 2.52 bits per heavy atom. The van der Waals surface area contributed by atoms with Crippen LogP contribution in [0.1, 0.15) is 44.5 Å². The number of nitrogens with two attached hydrogens (primary N) is 1. The first-order valence-electron chi connectivity index (χ1n) is 8.59. The molecule has 0 spiro atoms. The minimum absolute atomic E-state index is 0.0561. The van der Waals surface area contributed by atoms with Gasteiger partial charge in [0.05, 0.1) is 36.2 Å². The summed E-state index contributed by atoms with van der Waals surface area (Å²) in [6.45, 7) is 5.27. The minimum atomic E-state index is -0.820. The molecule has 4 N–H and O–H groups in total. The average Bonchev–Trinajstić information content (AvgIpc) is 3.01. The third-order valence-electron chi connectivity index (χ3n) is 4.04. The maximum Gasteiger partial charge on any atom is 0.426 e. The van der Waals surface area contributed by atoms with Crippen molar-refractivity contribution in [2.24, 2.45) is 0 Å². The molecule has 0 bridgehead atoms. The van der Waals surface area contributed by atoms with Gasteiger partial charge in [-0.3, -0.25) is 10.2 Å². The number of carbonyl (C=O) groups excluding carboxylic acids is 3. The molecule has 0 aliphatic rings. The molecule has 0 unspecified atom stereocenters. The second-order valence-electron chi connectivity index (χ2n) is 6.05. The number of carbonyl (C=O) groups is 3. The molecule has 1 aromatic carbocycles. The van der Waals surface area contributed by atoms with Crippen molar-refractivity contribution in [1.82, 2.24) is 15.4 Å². The van der Waals surface area contributed by atoms with Crippen LogP contribution in [-0.4, -0.2) is 36.3 Å². The Morgan fingerprint density at radius 2 is 1.93 bits per heavy atom. The second kappa shape index (κ2) is 8.79. The molecule has 0 aliphatic heterocycles. The normalized spacial score (nSPS) is 10.0. The molecule has 0 aliphatic carbocycles. The molecule has 10 heteroatoms. The average molecular weight is 399 g/mol. The predicted octanol–water partition coefficient (Wildman–Crippen LogP) is 1.73. The zero-order valence-electron chi connectivity index (χ0n) is 16.5. The van der Waals surface area contributed by atoms with Crippen molar-refractivity contribution in [3.8, 4) is 11.8 Å². The summed E-state index contributed by atoms with van der Waals surface area (Å²) in [6.07, 6.45) is 0.533. The Hall–Kier alpha value is -4.00. The summed E-state index contributed by atoms with van der Waals surface area (Å²) < 4.78 is 10.8. The number of hydrazine groups is 1. The molecule has 152 valence electrons. The summed E-state index contributed by atoms with van der Waals surface area (Å²) in [5, 5.41) is 9.30. The number of anilines is 1. The van der Waals surface area contributed by atoms with Crippen molar-refractivity contribution in [2.45, 2.75) is 20.8 Å². The molecule has 2 amide bonds. The number of benzene rings is 1. The summed E-state index contributed by atoms with van der Waals surface area (Å²) >= 11 is 0. The van der Waals surface area contributed by atoms with Gasteiger partial charge in [-0.1, -0.05) is 6.07 Å². The van der Waals surface area contributed by atoms with Crippen molar-refractivity contribution >= 4 is 23.7 Å². The summed E-state index contributed by atoms with van der Waals surface area (Å²) in [7, 11) is 1.18. The number of esters is 1. The van der Waals surface area contributed by atoms with Crippen LogP contribution in [0.25, 0.3) is 5.69 Å². The fraction of sp³-hybridized carbons (Fsp3) is 0.263. The third kappa shape index (κ3) is 4.30. The second-order valence-corrected chi connectivity index (χ2v) is 6.05. The molecule has 10 nitrogen and oxygen atoms in total. The highest BCUT2D eigenvalue weighted by Gasteiger charge is 2.25. The molecule has 2 rings (SSSR count). The number of methoxy groups -OCH3 is 1. The Bertz CT molecular complexity index is 1020. The highest BCUT2D eigenvalue weighted by Crippen LogP contribution is 2.28. The minimum Gasteiger partial charge on any atom is -0.464 e. The van der Waals surface area contributed by atoms with Crippen molar-refractivity contribution < 1.29 is 23.9 Å². The first-order valence-corrected chi connectivity index (χ1v) is 8.59. The van der Waals surface area contributed by atoms with Crippen LogP contribution in [0.2, 0.25) is 0 Å². The fourth-order valence-corrected chi connectivity index (χ4v) is 2.87. The van der Waals surface area contributed by atoms with E-state index in [4.69, 9.17) is 15.2 Å². The number of nitrogens with zero attached hydrogens (tertiary/aromatic N) is 2. The topological polar surface area (TPSA) is 148 Å². The molecule has 0 radical (unpaired) electrons. The number of nitriles is 1. The van der Waals surface area contributed by atoms with Crippen molar-refractivity contribution in [3.63, 3.8) is 0 Å². The highest BCUT2D eigenvalue weighted by molar-refractivity contribution is 6.01. The Kier molecular flexibility index (Phi) is 6.46. The van der Waals surface area contributed by atoms with Crippen LogP contribution in [-0.2, 0) is 9.47 Å². The number of amides is 2. The van der Waals surface area contributed by atoms with E-state index in [0.717, 1.165) is 5.56 Å². The van der Waals surface area contributed by atoms with Crippen LogP contribution in [0.5, 0.6) is 0 Å². The van der Waals surface area contributed by atoms with E-state index in [9.17, 15) is 19.6 Å². The number of aromatic nitrogens is 1. The van der Waals surface area contributed by atoms with Gasteiger partial charge in [0.25, 0.3) is 5.91 Å². The van der Waals surface area contributed by atoms with Crippen molar-refractivity contribution in [3.05, 3.63) is 46.3 Å². The largest absolute Gasteiger partial charge is 0.464 e. The highest BCUT2D eigenvalue weighted by atomic mass is 16.6. The lowest BCUT2D eigenvalue weighted by atomic mass is 10.0. The smallest absolute Gasteiger partial charge is 0.426 e. The Morgan fingerprint density at radius 1 is 1.24 bits per heavy atom. The van der Waals surface area contributed by atoms with Crippen LogP contribution in [0, 0.1) is 25.2 Å². The van der Waals surface area contributed by atoms with E-state index in [2.05, 4.69) is 10.9 Å². The van der Waals surface area contributed by atoms with Gasteiger partial charge >= 0.3 is 12.1 Å². The van der Waals surface area contributed by atoms with E-state index in [1.165, 1.54) is 17.9 Å². The Labute approximate surface area is 167 Å². The van der Waals surface area contributed by atoms with Gasteiger partial charge < -0.3 is 19.8 Å². The standard InChI is InChI=1S/C19H21N5O5/c1-5-29-19(27)23-22-17(25)14-11(3)6-10(2)7-13(14)24-9-12(8-20)15(21)16(24)18(26)28-4/h6-7,9H,5,21H2,1-4H3,(H,22,25)(H,23,27). The van der Waals surface area contributed by atoms with Crippen LogP contribution in [0.3, 0.4) is 0 Å². The molecule has 0 atom stereocenters. The van der Waals surface area contributed by atoms with Crippen molar-refractivity contribution in [2.75, 3.05) is 19.5 Å². The predicted molar refractivity (Wildman–Crippen MR) is 103 cm³/mol. The summed E-state index contributed by atoms with van der Waals surface area (Å²) in [5.74, 6) is -1.41. The molecular formula is C19H21N5O5. The van der Waals surface area contributed by atoms with E-state index in [-0.39, 0.29) is 29.1 Å². The quantitative estimate of drug-likeness (QED) is 0.523. The molecule has 0 saturated heterocycles. The first kappa shape index (κ1) is 21.3. The van der Waals surface area contributed by atoms with Gasteiger partial charge in [-0.2, -0.15) is 5.26 Å². The van der Waals surface area contributed by atoms with Crippen LogP contribution in [0.4, 0.5) is 10.5 Å². The van der Waals surface area contributed by atoms with E-state index in [1.807, 2.05) is 13.0 Å². The number of nitrogens with one attached hydrogen (secondary N) is 2. The molecule has 29 heavy (non-hydrogen) atoms. The fourth-order valence-electron chi connectivity index (χ4n) is 2.87. The van der Waals surface area contributed by atoms with Crippen molar-refractivity contribution in [1.29, 1.82) is 5.26 Å². The number of ether oxygens (including phenoxy) is 2. The molecule has 1 aromatic heterocycles. The number of rotatable bonds is 4. The lowest BCUT2D eigenvalue weighted by molar-refractivity contribution is 0.0592. The number of nitrogen functional groups attached to an aromatic ring is 1. The van der Waals surface area contributed by atoms with Gasteiger partial charge in [0.1, 0.15) is 6.07 Å². The van der Waals surface area contributed by atoms with Gasteiger partial charge in [-0.15, -0.1) is 0 Å². The van der Waals surface area contributed by atoms with Gasteiger partial charge in [-0.05, 0) is 38.0 Å². The molecule has 0 fully saturated rings. The van der Waals surface area contributed by atoms with Gasteiger partial charge in [0, 0.05) is 6.20 Å². The summed E-state index contributed by atoms with van der Waals surface area (Å²) in [4.78, 5) is 36.5. The van der Waals surface area contributed by atoms with Crippen LogP contribution in [0.15, 0.2) is 18.3 Å². The molecule has 0 saturated carbocycles. The number of aryl methyl sites for hydroxylation is 2. The zero-order valence-corrected chi connectivity index (χ0v) is 16.5. The molecule has 2 aromatic rings. The SMILES string of the molecule is CCOC(=O)NNC(=O)c1c(C)cc(C)cc1-n1cc(C#N)c(N)c1C(=O)OC. The van der Waals surface area contributed by atoms with Gasteiger partial charge in [-0.25, -0.2) is 15.0 Å². The van der Waals surface area contributed by atoms with Crippen LogP contribution >= 0.6 is 0 Å².